The number of nitrogens with one attached hydrogen (secondary N) is 1. The van der Waals surface area contributed by atoms with Crippen molar-refractivity contribution < 1.29 is 4.79 Å². The van der Waals surface area contributed by atoms with Gasteiger partial charge in [-0.1, -0.05) is 20.8 Å². The van der Waals surface area contributed by atoms with E-state index in [0.717, 1.165) is 36.9 Å². The Balaban J connectivity index is 0.000000774. The van der Waals surface area contributed by atoms with Gasteiger partial charge in [0.25, 0.3) is 0 Å². The molecule has 0 aliphatic carbocycles. The molecule has 0 amide bonds. The summed E-state index contributed by atoms with van der Waals surface area (Å²) >= 11 is 0. The van der Waals surface area contributed by atoms with Crippen molar-refractivity contribution in [1.82, 2.24) is 5.32 Å². The van der Waals surface area contributed by atoms with E-state index in [9.17, 15) is 4.79 Å². The summed E-state index contributed by atoms with van der Waals surface area (Å²) in [6.45, 7) is 10.8. The maximum Gasteiger partial charge on any atom is 0.150 e. The molecule has 0 saturated carbocycles. The number of aldehydes is 1. The van der Waals surface area contributed by atoms with Crippen LogP contribution in [0.1, 0.15) is 49.5 Å². The lowest BCUT2D eigenvalue weighted by Crippen LogP contribution is -2.58. The van der Waals surface area contributed by atoms with Gasteiger partial charge in [0.15, 0.2) is 0 Å². The summed E-state index contributed by atoms with van der Waals surface area (Å²) in [5.41, 5.74) is 3.87. The van der Waals surface area contributed by atoms with E-state index in [0.29, 0.717) is 5.41 Å². The van der Waals surface area contributed by atoms with Crippen LogP contribution in [0.2, 0.25) is 0 Å². The van der Waals surface area contributed by atoms with Gasteiger partial charge in [-0.2, -0.15) is 0 Å². The zero-order valence-corrected chi connectivity index (χ0v) is 13.6. The Morgan fingerprint density at radius 3 is 2.38 bits per heavy atom. The quantitative estimate of drug-likeness (QED) is 0.866. The SMILES string of the molecule is CC.CCc1cc(N2CCC3(CC2)CNC3)ccc1C=O. The van der Waals surface area contributed by atoms with Gasteiger partial charge in [0.1, 0.15) is 6.29 Å². The molecule has 21 heavy (non-hydrogen) atoms. The highest BCUT2D eigenvalue weighted by atomic mass is 16.1. The van der Waals surface area contributed by atoms with Gasteiger partial charge < -0.3 is 10.2 Å². The van der Waals surface area contributed by atoms with Crippen molar-refractivity contribution in [2.45, 2.75) is 40.0 Å². The first-order valence-corrected chi connectivity index (χ1v) is 8.30. The van der Waals surface area contributed by atoms with Crippen LogP contribution >= 0.6 is 0 Å². The third-order valence-electron chi connectivity index (χ3n) is 4.82. The topological polar surface area (TPSA) is 32.3 Å². The van der Waals surface area contributed by atoms with Crippen LogP contribution in [0.15, 0.2) is 18.2 Å². The zero-order chi connectivity index (χ0) is 15.3. The molecule has 3 rings (SSSR count). The van der Waals surface area contributed by atoms with E-state index in [2.05, 4.69) is 29.3 Å². The van der Waals surface area contributed by atoms with Crippen LogP contribution in [0.5, 0.6) is 0 Å². The maximum absolute atomic E-state index is 11.0. The highest BCUT2D eigenvalue weighted by Crippen LogP contribution is 2.36. The van der Waals surface area contributed by atoms with Crippen molar-refractivity contribution in [1.29, 1.82) is 0 Å². The van der Waals surface area contributed by atoms with Crippen LogP contribution in [-0.4, -0.2) is 32.5 Å². The van der Waals surface area contributed by atoms with Gasteiger partial charge in [-0.15, -0.1) is 0 Å². The number of carbonyl (C=O) groups is 1. The van der Waals surface area contributed by atoms with Gasteiger partial charge in [0.2, 0.25) is 0 Å². The van der Waals surface area contributed by atoms with E-state index in [-0.39, 0.29) is 0 Å². The van der Waals surface area contributed by atoms with E-state index >= 15 is 0 Å². The molecule has 0 aromatic heterocycles. The van der Waals surface area contributed by atoms with Crippen LogP contribution < -0.4 is 10.2 Å². The van der Waals surface area contributed by atoms with E-state index in [1.807, 2.05) is 19.9 Å². The Labute approximate surface area is 128 Å². The molecular weight excluding hydrogens is 260 g/mol. The molecule has 0 unspecified atom stereocenters. The van der Waals surface area contributed by atoms with Crippen molar-refractivity contribution in [3.8, 4) is 0 Å². The molecule has 1 N–H and O–H groups in total. The lowest BCUT2D eigenvalue weighted by Gasteiger charge is -2.49. The number of rotatable bonds is 3. The lowest BCUT2D eigenvalue weighted by molar-refractivity contribution is 0.112. The van der Waals surface area contributed by atoms with Crippen LogP contribution in [-0.2, 0) is 6.42 Å². The van der Waals surface area contributed by atoms with Gasteiger partial charge in [0.05, 0.1) is 0 Å². The molecule has 2 saturated heterocycles. The van der Waals surface area contributed by atoms with E-state index in [1.54, 1.807) is 0 Å². The largest absolute Gasteiger partial charge is 0.371 e. The molecule has 0 bridgehead atoms. The van der Waals surface area contributed by atoms with Crippen LogP contribution in [0.25, 0.3) is 0 Å². The van der Waals surface area contributed by atoms with Crippen molar-refractivity contribution in [3.05, 3.63) is 29.3 Å². The number of hydrogen-bond acceptors (Lipinski definition) is 3. The third kappa shape index (κ3) is 3.29. The fourth-order valence-electron chi connectivity index (χ4n) is 3.28. The smallest absolute Gasteiger partial charge is 0.150 e. The number of aryl methyl sites for hydroxylation is 1. The Morgan fingerprint density at radius 2 is 1.90 bits per heavy atom. The number of hydrogen-bond donors (Lipinski definition) is 1. The average Bonchev–Trinajstić information content (AvgIpc) is 2.54. The molecule has 0 atom stereocenters. The van der Waals surface area contributed by atoms with Crippen LogP contribution in [0.4, 0.5) is 5.69 Å². The Morgan fingerprint density at radius 1 is 1.24 bits per heavy atom. The van der Waals surface area contributed by atoms with Crippen LogP contribution in [0.3, 0.4) is 0 Å². The number of carbonyl (C=O) groups excluding carboxylic acids is 1. The van der Waals surface area contributed by atoms with Gasteiger partial charge >= 0.3 is 0 Å². The molecule has 0 radical (unpaired) electrons. The van der Waals surface area contributed by atoms with Crippen molar-refractivity contribution in [2.24, 2.45) is 5.41 Å². The monoisotopic (exact) mass is 288 g/mol. The number of benzene rings is 1. The molecule has 2 fully saturated rings. The molecule has 1 aromatic carbocycles. The first kappa shape index (κ1) is 16.0. The Bertz CT molecular complexity index is 470. The summed E-state index contributed by atoms with van der Waals surface area (Å²) in [5, 5.41) is 3.40. The van der Waals surface area contributed by atoms with E-state index in [1.165, 1.54) is 31.6 Å². The maximum atomic E-state index is 11.0. The van der Waals surface area contributed by atoms with E-state index in [4.69, 9.17) is 0 Å². The fraction of sp³-hybridized carbons (Fsp3) is 0.611. The number of piperidine rings is 1. The summed E-state index contributed by atoms with van der Waals surface area (Å²) in [5.74, 6) is 0. The average molecular weight is 288 g/mol. The second-order valence-electron chi connectivity index (χ2n) is 5.95. The molecule has 3 nitrogen and oxygen atoms in total. The first-order chi connectivity index (χ1) is 10.3. The minimum atomic E-state index is 0.590. The zero-order valence-electron chi connectivity index (χ0n) is 13.6. The molecule has 2 heterocycles. The minimum absolute atomic E-state index is 0.590. The minimum Gasteiger partial charge on any atom is -0.371 e. The van der Waals surface area contributed by atoms with Crippen molar-refractivity contribution in [2.75, 3.05) is 31.1 Å². The standard InChI is InChI=1S/C16H22N2O.C2H6/c1-2-13-9-15(4-3-14(13)10-19)18-7-5-16(6-8-18)11-17-12-16;1-2/h3-4,9-10,17H,2,5-8,11-12H2,1H3;1-2H3. The Hall–Kier alpha value is -1.35. The highest BCUT2D eigenvalue weighted by Gasteiger charge is 2.39. The predicted octanol–water partition coefficient (Wildman–Crippen LogP) is 3.28. The highest BCUT2D eigenvalue weighted by molar-refractivity contribution is 5.78. The number of anilines is 1. The van der Waals surface area contributed by atoms with Crippen molar-refractivity contribution in [3.63, 3.8) is 0 Å². The number of nitrogens with zero attached hydrogens (tertiary/aromatic N) is 1. The second kappa shape index (κ2) is 7.08. The molecule has 116 valence electrons. The summed E-state index contributed by atoms with van der Waals surface area (Å²) in [6.07, 6.45) is 4.46. The second-order valence-corrected chi connectivity index (χ2v) is 5.95. The van der Waals surface area contributed by atoms with Gasteiger partial charge in [0, 0.05) is 37.4 Å². The van der Waals surface area contributed by atoms with Crippen molar-refractivity contribution >= 4 is 12.0 Å². The van der Waals surface area contributed by atoms with Gasteiger partial charge in [-0.05, 0) is 48.4 Å². The third-order valence-corrected chi connectivity index (χ3v) is 4.82. The molecule has 1 aromatic rings. The molecular formula is C18H28N2O. The lowest BCUT2D eigenvalue weighted by atomic mass is 9.73. The fourth-order valence-corrected chi connectivity index (χ4v) is 3.28. The van der Waals surface area contributed by atoms with E-state index < -0.39 is 0 Å². The molecule has 1 spiro atoms. The first-order valence-electron chi connectivity index (χ1n) is 8.30. The summed E-state index contributed by atoms with van der Waals surface area (Å²) in [7, 11) is 0. The van der Waals surface area contributed by atoms with Crippen LogP contribution in [0, 0.1) is 5.41 Å². The normalized spacial score (nSPS) is 19.5. The molecule has 2 aliphatic heterocycles. The Kier molecular flexibility index (Phi) is 5.40. The van der Waals surface area contributed by atoms with Gasteiger partial charge in [-0.3, -0.25) is 4.79 Å². The molecule has 3 heteroatoms. The predicted molar refractivity (Wildman–Crippen MR) is 89.3 cm³/mol. The summed E-state index contributed by atoms with van der Waals surface area (Å²) < 4.78 is 0. The summed E-state index contributed by atoms with van der Waals surface area (Å²) in [6, 6.07) is 6.26. The van der Waals surface area contributed by atoms with Gasteiger partial charge in [-0.25, -0.2) is 0 Å². The molecule has 2 aliphatic rings. The summed E-state index contributed by atoms with van der Waals surface area (Å²) in [4.78, 5) is 13.5.